The molecule has 1 aromatic heterocycles. The van der Waals surface area contributed by atoms with Crippen molar-refractivity contribution >= 4 is 17.5 Å². The summed E-state index contributed by atoms with van der Waals surface area (Å²) in [5.74, 6) is 1.14. The molecule has 1 aliphatic carbocycles. The van der Waals surface area contributed by atoms with E-state index in [0.29, 0.717) is 18.0 Å². The van der Waals surface area contributed by atoms with E-state index in [-0.39, 0.29) is 29.5 Å². The molecule has 6 nitrogen and oxygen atoms in total. The number of fused-ring (bicyclic) bond motifs is 1. The summed E-state index contributed by atoms with van der Waals surface area (Å²) in [4.78, 5) is 33.7. The van der Waals surface area contributed by atoms with Crippen LogP contribution in [-0.2, 0) is 14.3 Å². The molecule has 6 heteroatoms. The van der Waals surface area contributed by atoms with Gasteiger partial charge in [-0.05, 0) is 62.4 Å². The highest BCUT2D eigenvalue weighted by atomic mass is 16.5. The van der Waals surface area contributed by atoms with E-state index in [4.69, 9.17) is 9.47 Å². The van der Waals surface area contributed by atoms with Gasteiger partial charge in [-0.25, -0.2) is 4.98 Å². The van der Waals surface area contributed by atoms with Crippen LogP contribution in [0.1, 0.15) is 75.6 Å². The van der Waals surface area contributed by atoms with E-state index in [2.05, 4.69) is 11.9 Å². The Morgan fingerprint density at radius 3 is 2.60 bits per heavy atom. The predicted molar refractivity (Wildman–Crippen MR) is 134 cm³/mol. The van der Waals surface area contributed by atoms with Gasteiger partial charge in [0, 0.05) is 5.69 Å². The molecule has 184 valence electrons. The second-order valence-electron chi connectivity index (χ2n) is 9.85. The lowest BCUT2D eigenvalue weighted by atomic mass is 9.77. The average Bonchev–Trinajstić information content (AvgIpc) is 3.17. The van der Waals surface area contributed by atoms with Crippen molar-refractivity contribution in [1.82, 2.24) is 4.98 Å². The highest BCUT2D eigenvalue weighted by Gasteiger charge is 2.52. The number of aromatic nitrogens is 1. The third-order valence-electron chi connectivity index (χ3n) is 7.35. The van der Waals surface area contributed by atoms with Crippen LogP contribution in [0.15, 0.2) is 53.8 Å². The van der Waals surface area contributed by atoms with Gasteiger partial charge in [-0.15, -0.1) is 0 Å². The third-order valence-corrected chi connectivity index (χ3v) is 7.35. The fourth-order valence-electron chi connectivity index (χ4n) is 5.52. The molecule has 0 saturated heterocycles. The topological polar surface area (TPSA) is 68.7 Å². The first-order valence-corrected chi connectivity index (χ1v) is 13.0. The van der Waals surface area contributed by atoms with Gasteiger partial charge >= 0.3 is 0 Å². The van der Waals surface area contributed by atoms with Crippen LogP contribution in [0.3, 0.4) is 0 Å². The number of rotatable bonds is 8. The molecule has 2 aliphatic heterocycles. The van der Waals surface area contributed by atoms with Crippen LogP contribution in [0.25, 0.3) is 0 Å². The van der Waals surface area contributed by atoms with Crippen molar-refractivity contribution in [2.24, 2.45) is 5.92 Å². The van der Waals surface area contributed by atoms with E-state index in [9.17, 15) is 9.59 Å². The zero-order chi connectivity index (χ0) is 24.4. The second kappa shape index (κ2) is 10.2. The normalized spacial score (nSPS) is 23.7. The Balaban J connectivity index is 1.47. The maximum atomic E-state index is 13.7. The lowest BCUT2D eigenvalue weighted by Crippen LogP contribution is -2.39. The highest BCUT2D eigenvalue weighted by Crippen LogP contribution is 2.48. The van der Waals surface area contributed by atoms with Crippen LogP contribution in [0, 0.1) is 12.8 Å². The number of hydrogen-bond donors (Lipinski definition) is 0. The molecule has 0 radical (unpaired) electrons. The Morgan fingerprint density at radius 2 is 1.83 bits per heavy atom. The minimum Gasteiger partial charge on any atom is -0.494 e. The smallest absolute Gasteiger partial charge is 0.295 e. The van der Waals surface area contributed by atoms with Crippen molar-refractivity contribution in [2.45, 2.75) is 77.4 Å². The summed E-state index contributed by atoms with van der Waals surface area (Å²) in [6.45, 7) is 4.78. The summed E-state index contributed by atoms with van der Waals surface area (Å²) < 4.78 is 12.2. The fourth-order valence-corrected chi connectivity index (χ4v) is 5.52. The van der Waals surface area contributed by atoms with Gasteiger partial charge in [0.1, 0.15) is 17.7 Å². The number of carbonyl (C=O) groups excluding carboxylic acids is 2. The number of benzene rings is 1. The number of nitrogens with zero attached hydrogens (tertiary/aromatic N) is 2. The van der Waals surface area contributed by atoms with Gasteiger partial charge in [0.05, 0.1) is 24.1 Å². The number of anilines is 1. The number of amides is 1. The van der Waals surface area contributed by atoms with Crippen molar-refractivity contribution in [2.75, 3.05) is 11.5 Å². The minimum atomic E-state index is -0.555. The Kier molecular flexibility index (Phi) is 6.89. The van der Waals surface area contributed by atoms with E-state index in [1.54, 1.807) is 4.90 Å². The molecule has 35 heavy (non-hydrogen) atoms. The van der Waals surface area contributed by atoms with Crippen LogP contribution < -0.4 is 9.64 Å². The van der Waals surface area contributed by atoms with Crippen molar-refractivity contribution in [3.05, 3.63) is 65.1 Å². The number of aryl methyl sites for hydroxylation is 1. The van der Waals surface area contributed by atoms with E-state index in [0.717, 1.165) is 49.1 Å². The van der Waals surface area contributed by atoms with Crippen molar-refractivity contribution in [1.29, 1.82) is 0 Å². The molecule has 1 aromatic carbocycles. The van der Waals surface area contributed by atoms with Crippen LogP contribution in [0.4, 0.5) is 5.82 Å². The van der Waals surface area contributed by atoms with Gasteiger partial charge < -0.3 is 9.47 Å². The van der Waals surface area contributed by atoms with E-state index >= 15 is 0 Å². The molecule has 0 bridgehead atoms. The van der Waals surface area contributed by atoms with Gasteiger partial charge in [0.25, 0.3) is 5.91 Å². The molecular formula is C29H34N2O4. The van der Waals surface area contributed by atoms with Crippen molar-refractivity contribution in [3.63, 3.8) is 0 Å². The Bertz CT molecular complexity index is 1120. The van der Waals surface area contributed by atoms with Gasteiger partial charge in [0.2, 0.25) is 0 Å². The Labute approximate surface area is 207 Å². The third kappa shape index (κ3) is 4.58. The lowest BCUT2D eigenvalue weighted by molar-refractivity contribution is -0.131. The maximum Gasteiger partial charge on any atom is 0.295 e. The molecule has 1 fully saturated rings. The number of hydrogen-bond acceptors (Lipinski definition) is 5. The van der Waals surface area contributed by atoms with E-state index < -0.39 is 6.04 Å². The molecule has 3 heterocycles. The number of unbranched alkanes of at least 4 members (excludes halogenated alkanes) is 3. The first kappa shape index (κ1) is 23.6. The molecule has 1 amide bonds. The zero-order valence-corrected chi connectivity index (χ0v) is 20.7. The standard InChI is InChI=1S/C29H34N2O4/c1-3-4-5-8-18-34-21-16-14-20(15-17-21)26-25-27(32)22-11-6-7-12-23(22)35-28(25)29(33)31(26)24-13-9-10-19(2)30-24/h9-10,13-17,22-23,26H,3-8,11-12,18H2,1-2H3. The quantitative estimate of drug-likeness (QED) is 0.449. The monoisotopic (exact) mass is 474 g/mol. The fraction of sp³-hybridized carbons (Fsp3) is 0.483. The molecule has 3 unspecified atom stereocenters. The summed E-state index contributed by atoms with van der Waals surface area (Å²) in [7, 11) is 0. The summed E-state index contributed by atoms with van der Waals surface area (Å²) in [5, 5.41) is 0. The zero-order valence-electron chi connectivity index (χ0n) is 20.7. The lowest BCUT2D eigenvalue weighted by Gasteiger charge is -2.35. The number of Topliss-reactive ketones (excluding diaryl/α,β-unsaturated/α-hetero) is 1. The highest BCUT2D eigenvalue weighted by molar-refractivity contribution is 6.17. The Morgan fingerprint density at radius 1 is 1.03 bits per heavy atom. The van der Waals surface area contributed by atoms with Crippen molar-refractivity contribution < 1.29 is 19.1 Å². The first-order chi connectivity index (χ1) is 17.1. The molecule has 0 spiro atoms. The SMILES string of the molecule is CCCCCCOc1ccc(C2C3=C(OC4CCCCC4C3=O)C(=O)N2c2cccc(C)n2)cc1. The minimum absolute atomic E-state index is 0.0562. The second-order valence-corrected chi connectivity index (χ2v) is 9.85. The summed E-state index contributed by atoms with van der Waals surface area (Å²) in [5.41, 5.74) is 2.15. The summed E-state index contributed by atoms with van der Waals surface area (Å²) >= 11 is 0. The van der Waals surface area contributed by atoms with E-state index in [1.807, 2.05) is 49.4 Å². The number of ether oxygens (including phenoxy) is 2. The van der Waals surface area contributed by atoms with Crippen LogP contribution >= 0.6 is 0 Å². The molecule has 5 rings (SSSR count). The molecule has 3 aliphatic rings. The van der Waals surface area contributed by atoms with Gasteiger partial charge in [-0.3, -0.25) is 14.5 Å². The average molecular weight is 475 g/mol. The summed E-state index contributed by atoms with van der Waals surface area (Å²) in [6, 6.07) is 12.8. The van der Waals surface area contributed by atoms with Crippen LogP contribution in [-0.4, -0.2) is 29.4 Å². The first-order valence-electron chi connectivity index (χ1n) is 13.0. The number of ketones is 1. The van der Waals surface area contributed by atoms with Crippen molar-refractivity contribution in [3.8, 4) is 5.75 Å². The van der Waals surface area contributed by atoms with Crippen LogP contribution in [0.2, 0.25) is 0 Å². The predicted octanol–water partition coefficient (Wildman–Crippen LogP) is 5.85. The molecule has 3 atom stereocenters. The van der Waals surface area contributed by atoms with Crippen LogP contribution in [0.5, 0.6) is 5.75 Å². The number of carbonyl (C=O) groups is 2. The molecule has 1 saturated carbocycles. The van der Waals surface area contributed by atoms with E-state index in [1.165, 1.54) is 19.3 Å². The molecular weight excluding hydrogens is 440 g/mol. The van der Waals surface area contributed by atoms with Gasteiger partial charge in [0.15, 0.2) is 11.5 Å². The van der Waals surface area contributed by atoms with Gasteiger partial charge in [-0.2, -0.15) is 0 Å². The number of pyridine rings is 1. The summed E-state index contributed by atoms with van der Waals surface area (Å²) in [6.07, 6.45) is 8.09. The maximum absolute atomic E-state index is 13.7. The Hall–Kier alpha value is -3.15. The van der Waals surface area contributed by atoms with Gasteiger partial charge in [-0.1, -0.05) is 50.8 Å². The molecule has 0 N–H and O–H groups in total. The molecule has 2 aromatic rings. The largest absolute Gasteiger partial charge is 0.494 e.